The minimum atomic E-state index is -1.27. The Balaban J connectivity index is 2.83. The van der Waals surface area contributed by atoms with E-state index in [2.05, 4.69) is 5.10 Å². The van der Waals surface area contributed by atoms with Crippen LogP contribution in [0.25, 0.3) is 11.3 Å². The highest BCUT2D eigenvalue weighted by Gasteiger charge is 2.20. The number of rotatable bonds is 2. The van der Waals surface area contributed by atoms with Gasteiger partial charge in [0.15, 0.2) is 0 Å². The molecule has 0 saturated carbocycles. The number of anilines is 1. The Hall–Kier alpha value is -2.63. The molecule has 92 valence electrons. The fourth-order valence-electron chi connectivity index (χ4n) is 1.67. The summed E-state index contributed by atoms with van der Waals surface area (Å²) in [5, 5.41) is 13.1. The Labute approximate surface area is 102 Å². The summed E-state index contributed by atoms with van der Waals surface area (Å²) in [6, 6.07) is 8.72. The van der Waals surface area contributed by atoms with E-state index in [4.69, 9.17) is 10.8 Å². The molecule has 0 radical (unpaired) electrons. The Morgan fingerprint density at radius 3 is 2.50 bits per heavy atom. The fourth-order valence-corrected chi connectivity index (χ4v) is 1.67. The van der Waals surface area contributed by atoms with Crippen LogP contribution in [0.5, 0.6) is 0 Å². The molecule has 0 aliphatic heterocycles. The number of hydrogen-bond acceptors (Lipinski definition) is 4. The van der Waals surface area contributed by atoms with Crippen LogP contribution in [-0.4, -0.2) is 20.9 Å². The quantitative estimate of drug-likeness (QED) is 0.812. The Bertz CT molecular complexity index is 662. The summed E-state index contributed by atoms with van der Waals surface area (Å²) < 4.78 is 1.03. The first kappa shape index (κ1) is 11.8. The van der Waals surface area contributed by atoms with Gasteiger partial charge in [-0.05, 0) is 0 Å². The molecule has 2 aromatic rings. The first-order chi connectivity index (χ1) is 8.52. The van der Waals surface area contributed by atoms with Crippen molar-refractivity contribution >= 4 is 11.7 Å². The first-order valence-electron chi connectivity index (χ1n) is 5.18. The van der Waals surface area contributed by atoms with Crippen molar-refractivity contribution in [1.29, 1.82) is 0 Å². The minimum absolute atomic E-state index is 0.183. The van der Waals surface area contributed by atoms with Crippen LogP contribution in [0.1, 0.15) is 10.4 Å². The van der Waals surface area contributed by atoms with E-state index in [1.807, 2.05) is 0 Å². The minimum Gasteiger partial charge on any atom is -0.478 e. The highest BCUT2D eigenvalue weighted by atomic mass is 16.4. The predicted molar refractivity (Wildman–Crippen MR) is 66.3 cm³/mol. The van der Waals surface area contributed by atoms with E-state index in [1.165, 1.54) is 7.05 Å². The molecule has 0 spiro atoms. The molecular weight excluding hydrogens is 234 g/mol. The number of hydrogen-bond donors (Lipinski definition) is 2. The number of nitrogen functional groups attached to an aromatic ring is 1. The third-order valence-corrected chi connectivity index (χ3v) is 2.54. The zero-order valence-corrected chi connectivity index (χ0v) is 9.62. The van der Waals surface area contributed by atoms with Crippen molar-refractivity contribution in [2.24, 2.45) is 7.05 Å². The normalized spacial score (nSPS) is 10.3. The lowest BCUT2D eigenvalue weighted by molar-refractivity contribution is 0.0698. The number of aromatic nitrogens is 2. The van der Waals surface area contributed by atoms with Crippen LogP contribution in [0.3, 0.4) is 0 Å². The van der Waals surface area contributed by atoms with Crippen LogP contribution in [-0.2, 0) is 7.05 Å². The van der Waals surface area contributed by atoms with Gasteiger partial charge in [0.25, 0.3) is 5.56 Å². The van der Waals surface area contributed by atoms with E-state index < -0.39 is 11.5 Å². The molecule has 3 N–H and O–H groups in total. The van der Waals surface area contributed by atoms with Gasteiger partial charge >= 0.3 is 5.97 Å². The maximum atomic E-state index is 11.6. The van der Waals surface area contributed by atoms with Crippen molar-refractivity contribution in [1.82, 2.24) is 9.78 Å². The Morgan fingerprint density at radius 2 is 1.94 bits per heavy atom. The van der Waals surface area contributed by atoms with Crippen molar-refractivity contribution in [3.8, 4) is 11.3 Å². The third-order valence-electron chi connectivity index (χ3n) is 2.54. The average Bonchev–Trinajstić information content (AvgIpc) is 2.36. The van der Waals surface area contributed by atoms with Gasteiger partial charge in [-0.3, -0.25) is 4.79 Å². The zero-order chi connectivity index (χ0) is 13.3. The topological polar surface area (TPSA) is 98.2 Å². The highest BCUT2D eigenvalue weighted by Crippen LogP contribution is 2.22. The lowest BCUT2D eigenvalue weighted by atomic mass is 10.1. The molecule has 0 aliphatic carbocycles. The summed E-state index contributed by atoms with van der Waals surface area (Å²) in [4.78, 5) is 22.8. The smallest absolute Gasteiger partial charge is 0.340 e. The molecule has 18 heavy (non-hydrogen) atoms. The summed E-state index contributed by atoms with van der Waals surface area (Å²) in [5.74, 6) is -1.27. The molecule has 0 saturated heterocycles. The lowest BCUT2D eigenvalue weighted by Gasteiger charge is -2.09. The average molecular weight is 245 g/mol. The predicted octanol–water partition coefficient (Wildman–Crippen LogP) is 0.728. The molecule has 1 aromatic heterocycles. The van der Waals surface area contributed by atoms with Crippen LogP contribution in [0.15, 0.2) is 35.1 Å². The largest absolute Gasteiger partial charge is 0.478 e. The molecule has 0 atom stereocenters. The number of nitrogens with zero attached hydrogens (tertiary/aromatic N) is 2. The van der Waals surface area contributed by atoms with Crippen LogP contribution in [0.2, 0.25) is 0 Å². The number of carboxylic acid groups (broad SMARTS) is 1. The van der Waals surface area contributed by atoms with Crippen molar-refractivity contribution in [2.45, 2.75) is 0 Å². The van der Waals surface area contributed by atoms with Gasteiger partial charge in [-0.15, -0.1) is 0 Å². The maximum absolute atomic E-state index is 11.6. The van der Waals surface area contributed by atoms with Gasteiger partial charge in [-0.2, -0.15) is 5.10 Å². The molecule has 0 unspecified atom stereocenters. The van der Waals surface area contributed by atoms with Crippen molar-refractivity contribution < 1.29 is 9.90 Å². The van der Waals surface area contributed by atoms with Crippen LogP contribution in [0.4, 0.5) is 5.69 Å². The molecule has 1 heterocycles. The van der Waals surface area contributed by atoms with Gasteiger partial charge in [0.2, 0.25) is 0 Å². The van der Waals surface area contributed by atoms with Crippen molar-refractivity contribution in [2.75, 3.05) is 5.73 Å². The maximum Gasteiger partial charge on any atom is 0.340 e. The van der Waals surface area contributed by atoms with Crippen molar-refractivity contribution in [3.63, 3.8) is 0 Å². The molecule has 1 aromatic carbocycles. The van der Waals surface area contributed by atoms with Gasteiger partial charge in [0.1, 0.15) is 16.9 Å². The number of carbonyl (C=O) groups is 1. The Kier molecular flexibility index (Phi) is 2.85. The second-order valence-corrected chi connectivity index (χ2v) is 3.74. The number of nitrogens with two attached hydrogens (primary N) is 1. The lowest BCUT2D eigenvalue weighted by Crippen LogP contribution is -2.27. The number of carboxylic acids is 1. The van der Waals surface area contributed by atoms with E-state index in [-0.39, 0.29) is 16.9 Å². The Morgan fingerprint density at radius 1 is 1.33 bits per heavy atom. The van der Waals surface area contributed by atoms with Gasteiger partial charge < -0.3 is 10.8 Å². The molecule has 0 bridgehead atoms. The van der Waals surface area contributed by atoms with Gasteiger partial charge in [0, 0.05) is 12.6 Å². The molecule has 0 amide bonds. The number of aryl methyl sites for hydroxylation is 1. The van der Waals surface area contributed by atoms with E-state index >= 15 is 0 Å². The number of aromatic carboxylic acids is 1. The van der Waals surface area contributed by atoms with Crippen LogP contribution in [0, 0.1) is 0 Å². The molecule has 0 aliphatic rings. The summed E-state index contributed by atoms with van der Waals surface area (Å²) >= 11 is 0. The number of benzene rings is 1. The second-order valence-electron chi connectivity index (χ2n) is 3.74. The zero-order valence-electron chi connectivity index (χ0n) is 9.62. The van der Waals surface area contributed by atoms with Crippen LogP contribution < -0.4 is 11.3 Å². The van der Waals surface area contributed by atoms with Crippen molar-refractivity contribution in [3.05, 3.63) is 46.2 Å². The molecular formula is C12H11N3O3. The van der Waals surface area contributed by atoms with Crippen LogP contribution >= 0.6 is 0 Å². The fraction of sp³-hybridized carbons (Fsp3) is 0.0833. The molecule has 0 fully saturated rings. The summed E-state index contributed by atoms with van der Waals surface area (Å²) in [6.45, 7) is 0. The molecule has 2 rings (SSSR count). The second kappa shape index (κ2) is 4.33. The van der Waals surface area contributed by atoms with Gasteiger partial charge in [-0.1, -0.05) is 30.3 Å². The van der Waals surface area contributed by atoms with Gasteiger partial charge in [0.05, 0.1) is 0 Å². The van der Waals surface area contributed by atoms with Gasteiger partial charge in [-0.25, -0.2) is 9.48 Å². The monoisotopic (exact) mass is 245 g/mol. The third kappa shape index (κ3) is 1.84. The summed E-state index contributed by atoms with van der Waals surface area (Å²) in [7, 11) is 1.43. The summed E-state index contributed by atoms with van der Waals surface area (Å²) in [5.41, 5.74) is 5.16. The van der Waals surface area contributed by atoms with E-state index in [1.54, 1.807) is 30.3 Å². The first-order valence-corrected chi connectivity index (χ1v) is 5.18. The standard InChI is InChI=1S/C12H11N3O3/c1-15-11(16)9(13)8(12(17)18)10(14-15)7-5-3-2-4-6-7/h2-6H,13H2,1H3,(H,17,18). The molecule has 6 heteroatoms. The van der Waals surface area contributed by atoms with E-state index in [9.17, 15) is 9.59 Å². The SMILES string of the molecule is Cn1nc(-c2ccccc2)c(C(=O)O)c(N)c1=O. The highest BCUT2D eigenvalue weighted by molar-refractivity contribution is 5.99. The van der Waals surface area contributed by atoms with E-state index in [0.29, 0.717) is 5.56 Å². The molecule has 6 nitrogen and oxygen atoms in total. The van der Waals surface area contributed by atoms with E-state index in [0.717, 1.165) is 4.68 Å². The summed E-state index contributed by atoms with van der Waals surface area (Å²) in [6.07, 6.45) is 0.